The number of aryl methyl sites for hydroxylation is 1. The molecule has 0 saturated heterocycles. The maximum absolute atomic E-state index is 12.9. The summed E-state index contributed by atoms with van der Waals surface area (Å²) in [5, 5.41) is 24.4. The lowest BCUT2D eigenvalue weighted by molar-refractivity contribution is 0.420. The molecule has 1 heterocycles. The first kappa shape index (κ1) is 17.7. The summed E-state index contributed by atoms with van der Waals surface area (Å²) >= 11 is 0. The molecule has 0 radical (unpaired) electrons. The van der Waals surface area contributed by atoms with Crippen LogP contribution >= 0.6 is 0 Å². The molecule has 1 aromatic heterocycles. The van der Waals surface area contributed by atoms with E-state index in [1.54, 1.807) is 24.3 Å². The standard InChI is InChI=1S/C22H16N2O4S/c23-12-17(29(26,27)14-8-2-1-3-9-14)21(25)20-19-15-10-4-6-13-7-5-11-16(18(13)15)22(19)28-24-20/h1-3,5,7-9,11,15,25H,4,6,10H2. The summed E-state index contributed by atoms with van der Waals surface area (Å²) in [5.41, 5.74) is 4.02. The van der Waals surface area contributed by atoms with Gasteiger partial charge in [0, 0.05) is 17.0 Å². The van der Waals surface area contributed by atoms with E-state index in [1.807, 2.05) is 12.1 Å². The van der Waals surface area contributed by atoms with E-state index in [9.17, 15) is 18.8 Å². The van der Waals surface area contributed by atoms with Gasteiger partial charge in [-0.25, -0.2) is 8.42 Å². The van der Waals surface area contributed by atoms with Crippen molar-refractivity contribution in [3.05, 3.63) is 75.8 Å². The highest BCUT2D eigenvalue weighted by Crippen LogP contribution is 2.53. The number of allylic oxidation sites excluding steroid dienone is 1. The number of sulfone groups is 1. The Balaban J connectivity index is 1.70. The molecule has 2 aliphatic carbocycles. The molecule has 0 amide bonds. The van der Waals surface area contributed by atoms with Gasteiger partial charge in [-0.15, -0.1) is 0 Å². The van der Waals surface area contributed by atoms with Gasteiger partial charge in [0.2, 0.25) is 9.84 Å². The van der Waals surface area contributed by atoms with Crippen LogP contribution in [0.1, 0.15) is 41.1 Å². The van der Waals surface area contributed by atoms with Gasteiger partial charge in [0.25, 0.3) is 0 Å². The van der Waals surface area contributed by atoms with Crippen molar-refractivity contribution in [3.8, 4) is 17.4 Å². The lowest BCUT2D eigenvalue weighted by Gasteiger charge is -2.22. The van der Waals surface area contributed by atoms with Gasteiger partial charge >= 0.3 is 0 Å². The average Bonchev–Trinajstić information content (AvgIpc) is 3.30. The average molecular weight is 404 g/mol. The third-order valence-electron chi connectivity index (χ3n) is 5.67. The van der Waals surface area contributed by atoms with Crippen molar-refractivity contribution in [2.24, 2.45) is 0 Å². The number of nitriles is 1. The summed E-state index contributed by atoms with van der Waals surface area (Å²) < 4.78 is 31.4. The van der Waals surface area contributed by atoms with E-state index in [0.29, 0.717) is 11.3 Å². The van der Waals surface area contributed by atoms with Crippen LogP contribution < -0.4 is 0 Å². The molecule has 7 heteroatoms. The highest BCUT2D eigenvalue weighted by Gasteiger charge is 2.40. The molecule has 29 heavy (non-hydrogen) atoms. The minimum absolute atomic E-state index is 0.0206. The molecule has 0 fully saturated rings. The van der Waals surface area contributed by atoms with Gasteiger partial charge in [-0.05, 0) is 42.5 Å². The maximum Gasteiger partial charge on any atom is 0.220 e. The number of aromatic nitrogens is 1. The van der Waals surface area contributed by atoms with Gasteiger partial charge in [-0.3, -0.25) is 0 Å². The molecule has 1 N–H and O–H groups in total. The predicted octanol–water partition coefficient (Wildman–Crippen LogP) is 4.35. The highest BCUT2D eigenvalue weighted by molar-refractivity contribution is 7.95. The van der Waals surface area contributed by atoms with Crippen LogP contribution in [0.2, 0.25) is 0 Å². The number of hydrogen-bond donors (Lipinski definition) is 1. The van der Waals surface area contributed by atoms with Crippen LogP contribution in [0.4, 0.5) is 0 Å². The number of rotatable bonds is 3. The Morgan fingerprint density at radius 2 is 1.93 bits per heavy atom. The van der Waals surface area contributed by atoms with Crippen molar-refractivity contribution in [3.63, 3.8) is 0 Å². The zero-order valence-electron chi connectivity index (χ0n) is 15.3. The Labute approximate surface area is 167 Å². The third-order valence-corrected chi connectivity index (χ3v) is 7.38. The number of aliphatic hydroxyl groups is 1. The van der Waals surface area contributed by atoms with E-state index in [1.165, 1.54) is 17.7 Å². The van der Waals surface area contributed by atoms with Crippen LogP contribution in [-0.4, -0.2) is 18.7 Å². The van der Waals surface area contributed by atoms with Crippen molar-refractivity contribution in [1.82, 2.24) is 5.16 Å². The first-order valence-corrected chi connectivity index (χ1v) is 10.8. The fraction of sp³-hybridized carbons (Fsp3) is 0.182. The third kappa shape index (κ3) is 2.46. The molecule has 0 bridgehead atoms. The lowest BCUT2D eigenvalue weighted by Crippen LogP contribution is -2.11. The van der Waals surface area contributed by atoms with Gasteiger partial charge in [-0.1, -0.05) is 41.6 Å². The molecule has 1 atom stereocenters. The molecule has 144 valence electrons. The van der Waals surface area contributed by atoms with Gasteiger partial charge < -0.3 is 9.63 Å². The Kier molecular flexibility index (Phi) is 3.86. The smallest absolute Gasteiger partial charge is 0.220 e. The lowest BCUT2D eigenvalue weighted by atomic mass is 9.81. The Morgan fingerprint density at radius 3 is 2.69 bits per heavy atom. The quantitative estimate of drug-likeness (QED) is 0.514. The summed E-state index contributed by atoms with van der Waals surface area (Å²) in [6, 6.07) is 15.2. The summed E-state index contributed by atoms with van der Waals surface area (Å²) in [4.78, 5) is -0.793. The molecule has 1 unspecified atom stereocenters. The van der Waals surface area contributed by atoms with E-state index >= 15 is 0 Å². The van der Waals surface area contributed by atoms with Gasteiger partial charge in [0.05, 0.1) is 4.90 Å². The second kappa shape index (κ2) is 6.33. The minimum atomic E-state index is -4.19. The molecule has 0 spiro atoms. The molecular formula is C22H16N2O4S. The van der Waals surface area contributed by atoms with E-state index in [-0.39, 0.29) is 16.5 Å². The maximum atomic E-state index is 12.9. The second-order valence-corrected chi connectivity index (χ2v) is 9.09. The fourth-order valence-corrected chi connectivity index (χ4v) is 5.64. The summed E-state index contributed by atoms with van der Waals surface area (Å²) in [5.74, 6) is -0.140. The molecule has 2 aliphatic rings. The first-order valence-electron chi connectivity index (χ1n) is 9.29. The van der Waals surface area contributed by atoms with E-state index in [0.717, 1.165) is 30.4 Å². The monoisotopic (exact) mass is 404 g/mol. The SMILES string of the molecule is N#CC(=C(O)c1noc2c1C1CCCc3cccc-2c31)S(=O)(=O)c1ccccc1. The summed E-state index contributed by atoms with van der Waals surface area (Å²) in [6.07, 6.45) is 2.80. The Morgan fingerprint density at radius 1 is 1.14 bits per heavy atom. The van der Waals surface area contributed by atoms with Crippen LogP contribution in [0.15, 0.2) is 62.9 Å². The molecule has 0 saturated carbocycles. The summed E-state index contributed by atoms with van der Waals surface area (Å²) in [6.45, 7) is 0. The predicted molar refractivity (Wildman–Crippen MR) is 106 cm³/mol. The van der Waals surface area contributed by atoms with Crippen molar-refractivity contribution < 1.29 is 18.0 Å². The Hall–Kier alpha value is -3.37. The summed E-state index contributed by atoms with van der Waals surface area (Å²) in [7, 11) is -4.19. The Bertz CT molecular complexity index is 1310. The van der Waals surface area contributed by atoms with Crippen molar-refractivity contribution in [2.45, 2.75) is 30.1 Å². The van der Waals surface area contributed by atoms with Crippen LogP contribution in [0.5, 0.6) is 0 Å². The number of hydrogen-bond acceptors (Lipinski definition) is 6. The van der Waals surface area contributed by atoms with E-state index in [4.69, 9.17) is 4.52 Å². The van der Waals surface area contributed by atoms with Gasteiger partial charge in [0.1, 0.15) is 6.07 Å². The van der Waals surface area contributed by atoms with Gasteiger partial charge in [0.15, 0.2) is 22.1 Å². The second-order valence-electron chi connectivity index (χ2n) is 7.20. The van der Waals surface area contributed by atoms with E-state index < -0.39 is 20.5 Å². The van der Waals surface area contributed by atoms with Gasteiger partial charge in [-0.2, -0.15) is 5.26 Å². The van der Waals surface area contributed by atoms with Crippen molar-refractivity contribution >= 4 is 15.6 Å². The highest BCUT2D eigenvalue weighted by atomic mass is 32.2. The normalized spacial score (nSPS) is 17.8. The number of fused-ring (bicyclic) bond motifs is 3. The van der Waals surface area contributed by atoms with Crippen molar-refractivity contribution in [2.75, 3.05) is 0 Å². The van der Waals surface area contributed by atoms with E-state index in [2.05, 4.69) is 11.2 Å². The molecular weight excluding hydrogens is 388 g/mol. The molecule has 0 aliphatic heterocycles. The molecule has 2 aromatic carbocycles. The topological polar surface area (TPSA) is 104 Å². The molecule has 3 aromatic rings. The number of benzene rings is 2. The zero-order valence-corrected chi connectivity index (χ0v) is 16.1. The largest absolute Gasteiger partial charge is 0.504 e. The first-order chi connectivity index (χ1) is 14.0. The van der Waals surface area contributed by atoms with Crippen LogP contribution in [-0.2, 0) is 16.3 Å². The van der Waals surface area contributed by atoms with Crippen LogP contribution in [0.25, 0.3) is 17.1 Å². The number of nitrogens with zero attached hydrogens (tertiary/aromatic N) is 2. The fourth-order valence-electron chi connectivity index (χ4n) is 4.42. The number of aliphatic hydroxyl groups excluding tert-OH is 1. The molecule has 5 rings (SSSR count). The van der Waals surface area contributed by atoms with Crippen LogP contribution in [0.3, 0.4) is 0 Å². The minimum Gasteiger partial charge on any atom is -0.504 e. The molecule has 6 nitrogen and oxygen atoms in total. The zero-order chi connectivity index (χ0) is 20.2. The van der Waals surface area contributed by atoms with Crippen LogP contribution in [0, 0.1) is 11.3 Å². The van der Waals surface area contributed by atoms with Crippen molar-refractivity contribution in [1.29, 1.82) is 5.26 Å².